The molecule has 0 amide bonds. The van der Waals surface area contributed by atoms with E-state index in [1.165, 1.54) is 6.92 Å². The van der Waals surface area contributed by atoms with Gasteiger partial charge in [0.05, 0.1) is 78.9 Å². The molecule has 9 nitrogen and oxygen atoms in total. The van der Waals surface area contributed by atoms with Gasteiger partial charge < -0.3 is 37.6 Å². The van der Waals surface area contributed by atoms with Gasteiger partial charge in [0.1, 0.15) is 19.0 Å². The Hall–Kier alpha value is -1.49. The number of esters is 1. The third-order valence-electron chi connectivity index (χ3n) is 3.22. The summed E-state index contributed by atoms with van der Waals surface area (Å²) in [5.74, 6) is 0.499. The molecular weight excluding hydrogens is 372 g/mol. The Kier molecular flexibility index (Phi) is 16.5. The summed E-state index contributed by atoms with van der Waals surface area (Å²) in [5, 5.41) is 0. The summed E-state index contributed by atoms with van der Waals surface area (Å²) in [7, 11) is 0. The lowest BCUT2D eigenvalue weighted by Crippen LogP contribution is -2.14. The van der Waals surface area contributed by atoms with E-state index in [9.17, 15) is 4.79 Å². The van der Waals surface area contributed by atoms with Gasteiger partial charge in [-0.25, -0.2) is 0 Å². The molecule has 9 heteroatoms. The molecule has 0 aliphatic rings. The van der Waals surface area contributed by atoms with Crippen molar-refractivity contribution in [2.45, 2.75) is 13.5 Å². The monoisotopic (exact) mass is 404 g/mol. The third-order valence-corrected chi connectivity index (χ3v) is 3.22. The van der Waals surface area contributed by atoms with E-state index in [1.807, 2.05) is 12.1 Å². The average Bonchev–Trinajstić information content (AvgIpc) is 3.19. The van der Waals surface area contributed by atoms with E-state index in [0.717, 1.165) is 5.76 Å². The van der Waals surface area contributed by atoms with Crippen LogP contribution in [0.4, 0.5) is 0 Å². The zero-order chi connectivity index (χ0) is 20.1. The maximum atomic E-state index is 10.5. The lowest BCUT2D eigenvalue weighted by Gasteiger charge is -2.08. The number of ether oxygens (including phenoxy) is 7. The van der Waals surface area contributed by atoms with Crippen LogP contribution in [0.15, 0.2) is 22.8 Å². The highest BCUT2D eigenvalue weighted by atomic mass is 16.6. The predicted octanol–water partition coefficient (Wildman–Crippen LogP) is 1.44. The Morgan fingerprint density at radius 3 is 1.54 bits per heavy atom. The molecule has 1 heterocycles. The molecule has 0 aromatic carbocycles. The first-order chi connectivity index (χ1) is 13.8. The van der Waals surface area contributed by atoms with Crippen molar-refractivity contribution in [1.82, 2.24) is 0 Å². The minimum absolute atomic E-state index is 0.267. The molecule has 162 valence electrons. The zero-order valence-electron chi connectivity index (χ0n) is 16.6. The molecule has 0 radical (unpaired) electrons. The van der Waals surface area contributed by atoms with Crippen LogP contribution in [-0.2, 0) is 44.6 Å². The van der Waals surface area contributed by atoms with Gasteiger partial charge in [-0.2, -0.15) is 0 Å². The SMILES string of the molecule is CC(=O)OCCOCCOCCOCCOCCOCCOCc1ccco1. The van der Waals surface area contributed by atoms with E-state index in [-0.39, 0.29) is 12.6 Å². The number of hydrogen-bond acceptors (Lipinski definition) is 9. The van der Waals surface area contributed by atoms with Gasteiger partial charge in [-0.05, 0) is 12.1 Å². The quantitative estimate of drug-likeness (QED) is 0.236. The molecule has 0 aliphatic heterocycles. The lowest BCUT2D eigenvalue weighted by molar-refractivity contribution is -0.142. The molecule has 0 unspecified atom stereocenters. The summed E-state index contributed by atoms with van der Waals surface area (Å²) in [6.45, 7) is 7.48. The van der Waals surface area contributed by atoms with Crippen LogP contribution in [0.3, 0.4) is 0 Å². The van der Waals surface area contributed by atoms with Gasteiger partial charge in [0.25, 0.3) is 0 Å². The molecule has 1 aromatic heterocycles. The Balaban J connectivity index is 1.65. The summed E-state index contributed by atoms with van der Waals surface area (Å²) < 4.78 is 42.0. The standard InChI is InChI=1S/C19H32O9/c1-18(20)27-16-15-25-12-11-23-8-7-21-5-6-22-9-10-24-13-14-26-17-19-3-2-4-28-19/h2-4H,5-17H2,1H3. The number of furan rings is 1. The van der Waals surface area contributed by atoms with Gasteiger partial charge in [0.2, 0.25) is 0 Å². The minimum Gasteiger partial charge on any atom is -0.467 e. The van der Waals surface area contributed by atoms with E-state index in [4.69, 9.17) is 37.6 Å². The summed E-state index contributed by atoms with van der Waals surface area (Å²) >= 11 is 0. The largest absolute Gasteiger partial charge is 0.467 e. The Labute approximate surface area is 166 Å². The fourth-order valence-corrected chi connectivity index (χ4v) is 1.91. The van der Waals surface area contributed by atoms with Gasteiger partial charge in [-0.15, -0.1) is 0 Å². The fourth-order valence-electron chi connectivity index (χ4n) is 1.91. The maximum Gasteiger partial charge on any atom is 0.302 e. The van der Waals surface area contributed by atoms with Crippen molar-refractivity contribution in [2.24, 2.45) is 0 Å². The number of hydrogen-bond donors (Lipinski definition) is 0. The van der Waals surface area contributed by atoms with Crippen molar-refractivity contribution < 1.29 is 42.4 Å². The molecule has 1 aromatic rings. The second-order valence-corrected chi connectivity index (χ2v) is 5.53. The smallest absolute Gasteiger partial charge is 0.302 e. The van der Waals surface area contributed by atoms with Crippen LogP contribution in [0.2, 0.25) is 0 Å². The van der Waals surface area contributed by atoms with Crippen LogP contribution in [0, 0.1) is 0 Å². The topological polar surface area (TPSA) is 94.8 Å². The second kappa shape index (κ2) is 18.9. The van der Waals surface area contributed by atoms with Crippen molar-refractivity contribution in [1.29, 1.82) is 0 Å². The highest BCUT2D eigenvalue weighted by Gasteiger charge is 1.96. The number of carbonyl (C=O) groups excluding carboxylic acids is 1. The average molecular weight is 404 g/mol. The van der Waals surface area contributed by atoms with Crippen LogP contribution in [-0.4, -0.2) is 85.3 Å². The molecular formula is C19H32O9. The normalized spacial score (nSPS) is 11.0. The Bertz CT molecular complexity index is 450. The molecule has 0 fully saturated rings. The first-order valence-corrected chi connectivity index (χ1v) is 9.41. The third kappa shape index (κ3) is 16.7. The van der Waals surface area contributed by atoms with Crippen molar-refractivity contribution in [2.75, 3.05) is 79.3 Å². The zero-order valence-corrected chi connectivity index (χ0v) is 16.6. The Morgan fingerprint density at radius 1 is 0.714 bits per heavy atom. The summed E-state index contributed by atoms with van der Waals surface area (Å²) in [5.41, 5.74) is 0. The van der Waals surface area contributed by atoms with E-state index in [0.29, 0.717) is 79.3 Å². The lowest BCUT2D eigenvalue weighted by atomic mass is 10.5. The fraction of sp³-hybridized carbons (Fsp3) is 0.737. The van der Waals surface area contributed by atoms with E-state index < -0.39 is 0 Å². The van der Waals surface area contributed by atoms with E-state index in [2.05, 4.69) is 0 Å². The van der Waals surface area contributed by atoms with Crippen molar-refractivity contribution in [3.05, 3.63) is 24.2 Å². The number of rotatable bonds is 20. The van der Waals surface area contributed by atoms with Crippen molar-refractivity contribution >= 4 is 5.97 Å². The molecule has 0 aliphatic carbocycles. The highest BCUT2D eigenvalue weighted by Crippen LogP contribution is 2.01. The van der Waals surface area contributed by atoms with Crippen molar-refractivity contribution in [3.63, 3.8) is 0 Å². The summed E-state index contributed by atoms with van der Waals surface area (Å²) in [4.78, 5) is 10.5. The van der Waals surface area contributed by atoms with E-state index in [1.54, 1.807) is 6.26 Å². The van der Waals surface area contributed by atoms with Gasteiger partial charge >= 0.3 is 5.97 Å². The van der Waals surface area contributed by atoms with Gasteiger partial charge in [0, 0.05) is 6.92 Å². The van der Waals surface area contributed by atoms with Crippen LogP contribution < -0.4 is 0 Å². The molecule has 28 heavy (non-hydrogen) atoms. The molecule has 0 saturated carbocycles. The van der Waals surface area contributed by atoms with Crippen LogP contribution in [0.5, 0.6) is 0 Å². The second-order valence-electron chi connectivity index (χ2n) is 5.53. The molecule has 0 saturated heterocycles. The predicted molar refractivity (Wildman–Crippen MR) is 99.1 cm³/mol. The van der Waals surface area contributed by atoms with Crippen LogP contribution >= 0.6 is 0 Å². The minimum atomic E-state index is -0.305. The van der Waals surface area contributed by atoms with E-state index >= 15 is 0 Å². The first kappa shape index (κ1) is 24.5. The first-order valence-electron chi connectivity index (χ1n) is 9.41. The molecule has 1 rings (SSSR count). The number of carbonyl (C=O) groups is 1. The van der Waals surface area contributed by atoms with Gasteiger partial charge in [0.15, 0.2) is 0 Å². The summed E-state index contributed by atoms with van der Waals surface area (Å²) in [6.07, 6.45) is 1.62. The molecule has 0 N–H and O–H groups in total. The van der Waals surface area contributed by atoms with Gasteiger partial charge in [-0.3, -0.25) is 4.79 Å². The molecule has 0 atom stereocenters. The van der Waals surface area contributed by atoms with Crippen LogP contribution in [0.1, 0.15) is 12.7 Å². The molecule has 0 spiro atoms. The summed E-state index contributed by atoms with van der Waals surface area (Å²) in [6, 6.07) is 3.70. The molecule has 0 bridgehead atoms. The van der Waals surface area contributed by atoms with Gasteiger partial charge in [-0.1, -0.05) is 0 Å². The Morgan fingerprint density at radius 2 is 1.14 bits per heavy atom. The van der Waals surface area contributed by atoms with Crippen LogP contribution in [0.25, 0.3) is 0 Å². The maximum absolute atomic E-state index is 10.5. The highest BCUT2D eigenvalue weighted by molar-refractivity contribution is 5.65. The van der Waals surface area contributed by atoms with Crippen molar-refractivity contribution in [3.8, 4) is 0 Å².